The van der Waals surface area contributed by atoms with Crippen molar-refractivity contribution in [2.75, 3.05) is 24.9 Å². The highest BCUT2D eigenvalue weighted by molar-refractivity contribution is 7.98. The van der Waals surface area contributed by atoms with Gasteiger partial charge in [-0.05, 0) is 30.2 Å². The van der Waals surface area contributed by atoms with Crippen LogP contribution in [-0.4, -0.2) is 40.3 Å². The standard InChI is InChI=1S/C23H23ClN4O3S/c1-3-31-21(29)19-18(13-24)25-22-26-23(32-14-15-7-5-4-6-8-15)27-28(22)20(19)16-9-11-17(30-2)12-10-16/h4-12,20H,3,13-14H2,1-2H3,(H,25,26,27). The number of nitrogens with zero attached hydrogens (tertiary/aromatic N) is 3. The van der Waals surface area contributed by atoms with Crippen LogP contribution in [0.2, 0.25) is 0 Å². The predicted molar refractivity (Wildman–Crippen MR) is 125 cm³/mol. The second-order valence-corrected chi connectivity index (χ2v) is 8.19. The van der Waals surface area contributed by atoms with E-state index in [4.69, 9.17) is 26.2 Å². The third-order valence-corrected chi connectivity index (χ3v) is 6.16. The van der Waals surface area contributed by atoms with Crippen molar-refractivity contribution in [3.63, 3.8) is 0 Å². The maximum absolute atomic E-state index is 12.9. The molecule has 166 valence electrons. The molecule has 0 saturated carbocycles. The Hall–Kier alpha value is -2.97. The van der Waals surface area contributed by atoms with E-state index in [1.807, 2.05) is 42.5 Å². The van der Waals surface area contributed by atoms with Crippen LogP contribution < -0.4 is 10.1 Å². The summed E-state index contributed by atoms with van der Waals surface area (Å²) in [6.45, 7) is 2.03. The lowest BCUT2D eigenvalue weighted by Gasteiger charge is -2.28. The largest absolute Gasteiger partial charge is 0.497 e. The fourth-order valence-electron chi connectivity index (χ4n) is 3.48. The zero-order valence-electron chi connectivity index (χ0n) is 17.7. The first-order valence-electron chi connectivity index (χ1n) is 10.1. The van der Waals surface area contributed by atoms with Gasteiger partial charge in [0.1, 0.15) is 11.8 Å². The zero-order chi connectivity index (χ0) is 22.5. The monoisotopic (exact) mass is 470 g/mol. The number of esters is 1. The normalized spacial score (nSPS) is 15.2. The van der Waals surface area contributed by atoms with Crippen LogP contribution in [0, 0.1) is 0 Å². The van der Waals surface area contributed by atoms with Crippen LogP contribution >= 0.6 is 23.4 Å². The van der Waals surface area contributed by atoms with Gasteiger partial charge in [0.2, 0.25) is 11.1 Å². The van der Waals surface area contributed by atoms with Gasteiger partial charge in [0, 0.05) is 11.4 Å². The number of fused-ring (bicyclic) bond motifs is 1. The molecule has 2 aromatic carbocycles. The molecule has 3 aromatic rings. The number of allylic oxidation sites excluding steroid dienone is 1. The molecule has 7 nitrogen and oxygen atoms in total. The second-order valence-electron chi connectivity index (χ2n) is 6.98. The second kappa shape index (κ2) is 10.1. The maximum Gasteiger partial charge on any atom is 0.338 e. The Kier molecular flexibility index (Phi) is 7.02. The van der Waals surface area contributed by atoms with Crippen LogP contribution in [0.3, 0.4) is 0 Å². The predicted octanol–water partition coefficient (Wildman–Crippen LogP) is 4.65. The van der Waals surface area contributed by atoms with Crippen molar-refractivity contribution < 1.29 is 14.3 Å². The number of ether oxygens (including phenoxy) is 2. The van der Waals surface area contributed by atoms with E-state index in [1.54, 1.807) is 18.7 Å². The minimum Gasteiger partial charge on any atom is -0.497 e. The van der Waals surface area contributed by atoms with E-state index in [0.29, 0.717) is 22.4 Å². The minimum atomic E-state index is -0.525. The molecule has 1 aliphatic heterocycles. The lowest BCUT2D eigenvalue weighted by atomic mass is 9.95. The number of halogens is 1. The molecule has 1 aromatic heterocycles. The van der Waals surface area contributed by atoms with E-state index in [0.717, 1.165) is 17.1 Å². The highest BCUT2D eigenvalue weighted by Crippen LogP contribution is 2.38. The number of rotatable bonds is 8. The molecule has 1 aliphatic rings. The summed E-state index contributed by atoms with van der Waals surface area (Å²) in [5.41, 5.74) is 3.01. The van der Waals surface area contributed by atoms with Gasteiger partial charge in [0.15, 0.2) is 0 Å². The topological polar surface area (TPSA) is 78.3 Å². The smallest absolute Gasteiger partial charge is 0.338 e. The van der Waals surface area contributed by atoms with Crippen LogP contribution in [0.5, 0.6) is 5.75 Å². The van der Waals surface area contributed by atoms with Crippen molar-refractivity contribution in [3.05, 3.63) is 77.0 Å². The number of anilines is 1. The van der Waals surface area contributed by atoms with E-state index in [2.05, 4.69) is 22.4 Å². The van der Waals surface area contributed by atoms with Crippen molar-refractivity contribution >= 4 is 35.3 Å². The average Bonchev–Trinajstić information content (AvgIpc) is 3.25. The Morgan fingerprint density at radius 2 is 1.94 bits per heavy atom. The summed E-state index contributed by atoms with van der Waals surface area (Å²) < 4.78 is 12.4. The van der Waals surface area contributed by atoms with E-state index < -0.39 is 12.0 Å². The first kappa shape index (κ1) is 22.2. The highest BCUT2D eigenvalue weighted by Gasteiger charge is 2.36. The van der Waals surface area contributed by atoms with Crippen LogP contribution in [-0.2, 0) is 15.3 Å². The summed E-state index contributed by atoms with van der Waals surface area (Å²) in [4.78, 5) is 17.6. The van der Waals surface area contributed by atoms with Crippen LogP contribution in [0.4, 0.5) is 5.95 Å². The van der Waals surface area contributed by atoms with Gasteiger partial charge in [-0.3, -0.25) is 0 Å². The molecule has 0 fully saturated rings. The maximum atomic E-state index is 12.9. The van der Waals surface area contributed by atoms with Crippen molar-refractivity contribution in [3.8, 4) is 5.75 Å². The number of hydrogen-bond donors (Lipinski definition) is 1. The molecular weight excluding hydrogens is 448 g/mol. The van der Waals surface area contributed by atoms with Gasteiger partial charge >= 0.3 is 5.97 Å². The quantitative estimate of drug-likeness (QED) is 0.291. The Morgan fingerprint density at radius 3 is 2.59 bits per heavy atom. The first-order valence-corrected chi connectivity index (χ1v) is 11.7. The number of nitrogens with one attached hydrogen (secondary N) is 1. The third kappa shape index (κ3) is 4.61. The molecule has 0 saturated heterocycles. The summed E-state index contributed by atoms with van der Waals surface area (Å²) in [7, 11) is 1.61. The van der Waals surface area contributed by atoms with Crippen LogP contribution in [0.25, 0.3) is 0 Å². The van der Waals surface area contributed by atoms with Gasteiger partial charge in [-0.2, -0.15) is 4.98 Å². The Balaban J connectivity index is 1.72. The zero-order valence-corrected chi connectivity index (χ0v) is 19.3. The molecule has 4 rings (SSSR count). The number of carbonyl (C=O) groups is 1. The lowest BCUT2D eigenvalue weighted by Crippen LogP contribution is -2.31. The van der Waals surface area contributed by atoms with Gasteiger partial charge in [-0.1, -0.05) is 54.2 Å². The van der Waals surface area contributed by atoms with E-state index in [1.165, 1.54) is 17.3 Å². The fourth-order valence-corrected chi connectivity index (χ4v) is 4.48. The van der Waals surface area contributed by atoms with Gasteiger partial charge in [0.25, 0.3) is 0 Å². The van der Waals surface area contributed by atoms with Gasteiger partial charge < -0.3 is 14.8 Å². The molecule has 0 bridgehead atoms. The highest BCUT2D eigenvalue weighted by atomic mass is 35.5. The minimum absolute atomic E-state index is 0.111. The molecule has 9 heteroatoms. The summed E-state index contributed by atoms with van der Waals surface area (Å²) in [5, 5.41) is 8.50. The summed E-state index contributed by atoms with van der Waals surface area (Å²) in [6, 6.07) is 17.1. The summed E-state index contributed by atoms with van der Waals surface area (Å²) in [6.07, 6.45) is 0. The number of benzene rings is 2. The van der Waals surface area contributed by atoms with E-state index in [-0.39, 0.29) is 12.5 Å². The summed E-state index contributed by atoms with van der Waals surface area (Å²) >= 11 is 7.75. The molecule has 0 spiro atoms. The molecule has 1 atom stereocenters. The van der Waals surface area contributed by atoms with Crippen LogP contribution in [0.15, 0.2) is 71.0 Å². The number of methoxy groups -OCH3 is 1. The van der Waals surface area contributed by atoms with Crippen molar-refractivity contribution in [1.82, 2.24) is 14.8 Å². The molecular formula is C23H23ClN4O3S. The molecule has 0 aliphatic carbocycles. The molecule has 32 heavy (non-hydrogen) atoms. The number of alkyl halides is 1. The first-order chi connectivity index (χ1) is 15.6. The van der Waals surface area contributed by atoms with E-state index >= 15 is 0 Å². The number of carbonyl (C=O) groups excluding carboxylic acids is 1. The van der Waals surface area contributed by atoms with Gasteiger partial charge in [-0.15, -0.1) is 16.7 Å². The number of thioether (sulfide) groups is 1. The van der Waals surface area contributed by atoms with Crippen LogP contribution in [0.1, 0.15) is 24.1 Å². The number of aromatic nitrogens is 3. The fraction of sp³-hybridized carbons (Fsp3) is 0.261. The molecule has 1 N–H and O–H groups in total. The van der Waals surface area contributed by atoms with Crippen molar-refractivity contribution in [1.29, 1.82) is 0 Å². The van der Waals surface area contributed by atoms with E-state index in [9.17, 15) is 4.79 Å². The molecule has 1 unspecified atom stereocenters. The average molecular weight is 471 g/mol. The molecule has 2 heterocycles. The Labute approximate surface area is 195 Å². The lowest BCUT2D eigenvalue weighted by molar-refractivity contribution is -0.139. The Bertz CT molecular complexity index is 1120. The Morgan fingerprint density at radius 1 is 1.19 bits per heavy atom. The summed E-state index contributed by atoms with van der Waals surface area (Å²) in [5.74, 6) is 1.67. The van der Waals surface area contributed by atoms with Gasteiger partial charge in [0.05, 0.1) is 25.2 Å². The third-order valence-electron chi connectivity index (χ3n) is 4.99. The van der Waals surface area contributed by atoms with Crippen molar-refractivity contribution in [2.24, 2.45) is 0 Å². The molecule has 0 radical (unpaired) electrons. The van der Waals surface area contributed by atoms with Gasteiger partial charge in [-0.25, -0.2) is 9.48 Å². The van der Waals surface area contributed by atoms with Crippen molar-refractivity contribution in [2.45, 2.75) is 23.9 Å². The molecule has 0 amide bonds. The SMILES string of the molecule is CCOC(=O)C1=C(CCl)Nc2nc(SCc3ccccc3)nn2C1c1ccc(OC)cc1. The number of hydrogen-bond acceptors (Lipinski definition) is 7.